The monoisotopic (exact) mass is 432 g/mol. The third-order valence-electron chi connectivity index (χ3n) is 3.37. The van der Waals surface area contributed by atoms with E-state index in [2.05, 4.69) is 0 Å². The predicted octanol–water partition coefficient (Wildman–Crippen LogP) is -9.72. The minimum Gasteiger partial charge on any atom is -0.545 e. The Hall–Kier alpha value is -2.74. The van der Waals surface area contributed by atoms with Gasteiger partial charge in [-0.3, -0.25) is 0 Å². The fraction of sp³-hybridized carbons (Fsp3) is 0. The number of benzene rings is 3. The molecule has 0 aliphatic heterocycles. The second-order valence-electron chi connectivity index (χ2n) is 5.41. The molecule has 0 saturated carbocycles. The van der Waals surface area contributed by atoms with Crippen LogP contribution in [0.25, 0.3) is 0 Å². The van der Waals surface area contributed by atoms with Crippen molar-refractivity contribution in [3.8, 4) is 17.2 Å². The van der Waals surface area contributed by atoms with Gasteiger partial charge in [-0.2, -0.15) is 0 Å². The molecule has 0 aliphatic carbocycles. The molecule has 0 unspecified atom stereocenters. The van der Waals surface area contributed by atoms with Crippen LogP contribution in [-0.4, -0.2) is 33.2 Å². The maximum absolute atomic E-state index is 10.2. The van der Waals surface area contributed by atoms with Crippen LogP contribution in [0.4, 0.5) is 0 Å². The van der Waals surface area contributed by atoms with Crippen molar-refractivity contribution in [2.24, 2.45) is 0 Å². The second-order valence-corrected chi connectivity index (χ2v) is 5.41. The Morgan fingerprint density at radius 1 is 0.455 bits per heavy atom. The van der Waals surface area contributed by atoms with Gasteiger partial charge >= 0.3 is 56.6 Å². The van der Waals surface area contributed by atoms with Crippen LogP contribution < -0.4 is 71.9 Å². The molecule has 0 radical (unpaired) electrons. The number of carbonyl (C=O) groups excluding carboxylic acids is 3. The summed E-state index contributed by atoms with van der Waals surface area (Å²) >= 11 is 0. The van der Waals surface area contributed by atoms with Crippen molar-refractivity contribution in [2.45, 2.75) is 0 Å². The number of hydrogen-bond donors (Lipinski definition) is 3. The molecule has 12 heteroatoms. The standard InChI is InChI=1S/3C7H6O3.3Li/c3*8-6-4-2-1-3-5(6)7(9)10;;;/h3*1-4,8H,(H,9,10);;;/q;;;3*+1/p-3. The van der Waals surface area contributed by atoms with Crippen molar-refractivity contribution in [3.05, 3.63) is 89.5 Å². The minimum atomic E-state index is -1.36. The zero-order valence-corrected chi connectivity index (χ0v) is 18.2. The molecule has 0 aliphatic rings. The molecular formula is C21H15Li3O9. The summed E-state index contributed by atoms with van der Waals surface area (Å²) in [7, 11) is 0. The van der Waals surface area contributed by atoms with E-state index in [0.717, 1.165) is 0 Å². The van der Waals surface area contributed by atoms with Gasteiger partial charge in [-0.1, -0.05) is 36.4 Å². The van der Waals surface area contributed by atoms with Crippen LogP contribution in [0.2, 0.25) is 0 Å². The molecule has 9 nitrogen and oxygen atoms in total. The minimum absolute atomic E-state index is 0. The maximum atomic E-state index is 10.2. The smallest absolute Gasteiger partial charge is 0.545 e. The molecule has 3 aromatic carbocycles. The average Bonchev–Trinajstić information content (AvgIpc) is 2.69. The maximum Gasteiger partial charge on any atom is 1.00 e. The van der Waals surface area contributed by atoms with Gasteiger partial charge in [-0.15, -0.1) is 0 Å². The van der Waals surface area contributed by atoms with Gasteiger partial charge in [0.25, 0.3) is 0 Å². The Bertz CT molecular complexity index is 911. The number of carboxylic acid groups (broad SMARTS) is 3. The van der Waals surface area contributed by atoms with Gasteiger partial charge in [0, 0.05) is 16.7 Å². The molecule has 0 saturated heterocycles. The van der Waals surface area contributed by atoms with E-state index in [4.69, 9.17) is 15.3 Å². The molecule has 3 rings (SSSR count). The van der Waals surface area contributed by atoms with Crippen molar-refractivity contribution >= 4 is 17.9 Å². The van der Waals surface area contributed by atoms with Gasteiger partial charge < -0.3 is 45.0 Å². The summed E-state index contributed by atoms with van der Waals surface area (Å²) < 4.78 is 0. The molecule has 0 aromatic heterocycles. The molecule has 0 atom stereocenters. The number of rotatable bonds is 3. The number of phenols is 3. The normalized spacial score (nSPS) is 8.36. The van der Waals surface area contributed by atoms with Gasteiger partial charge in [-0.05, 0) is 36.4 Å². The fourth-order valence-corrected chi connectivity index (χ4v) is 1.94. The molecule has 0 spiro atoms. The Labute approximate surface area is 225 Å². The van der Waals surface area contributed by atoms with Crippen LogP contribution >= 0.6 is 0 Å². The predicted molar refractivity (Wildman–Crippen MR) is 97.3 cm³/mol. The zero-order valence-electron chi connectivity index (χ0n) is 18.2. The van der Waals surface area contributed by atoms with E-state index in [1.807, 2.05) is 0 Å². The van der Waals surface area contributed by atoms with Crippen molar-refractivity contribution in [2.75, 3.05) is 0 Å². The molecular weight excluding hydrogens is 417 g/mol. The summed E-state index contributed by atoms with van der Waals surface area (Å²) in [5.74, 6) is -4.87. The molecule has 3 N–H and O–H groups in total. The van der Waals surface area contributed by atoms with E-state index in [1.54, 1.807) is 18.2 Å². The SMILES string of the molecule is O=C([O-])c1ccccc1O.O=C([O-])c1ccccc1O.O=C([O-])c1ccccc1O.[Li+].[Li+].[Li+]. The number of aromatic carboxylic acids is 3. The first-order chi connectivity index (χ1) is 14.1. The summed E-state index contributed by atoms with van der Waals surface area (Å²) in [5.41, 5.74) is -0.535. The first-order valence-corrected chi connectivity index (χ1v) is 8.13. The Balaban J connectivity index is -0.000000391. The quantitative estimate of drug-likeness (QED) is 0.339. The molecule has 3 aromatic rings. The van der Waals surface area contributed by atoms with E-state index in [0.29, 0.717) is 0 Å². The number of para-hydroxylation sites is 3. The van der Waals surface area contributed by atoms with Crippen molar-refractivity contribution in [1.82, 2.24) is 0 Å². The van der Waals surface area contributed by atoms with Crippen LogP contribution in [0.3, 0.4) is 0 Å². The molecule has 33 heavy (non-hydrogen) atoms. The third-order valence-corrected chi connectivity index (χ3v) is 3.37. The average molecular weight is 432 g/mol. The van der Waals surface area contributed by atoms with E-state index in [9.17, 15) is 29.7 Å². The molecule has 0 bridgehead atoms. The Morgan fingerprint density at radius 3 is 0.758 bits per heavy atom. The topological polar surface area (TPSA) is 181 Å². The van der Waals surface area contributed by atoms with Crippen LogP contribution in [0.15, 0.2) is 72.8 Å². The number of carbonyl (C=O) groups is 3. The number of carboxylic acids is 3. The van der Waals surface area contributed by atoms with Gasteiger partial charge in [0.05, 0.1) is 17.9 Å². The first kappa shape index (κ1) is 34.9. The summed E-state index contributed by atoms with van der Waals surface area (Å²) in [5, 5.41) is 57.0. The Morgan fingerprint density at radius 2 is 0.636 bits per heavy atom. The van der Waals surface area contributed by atoms with E-state index in [1.165, 1.54) is 54.6 Å². The van der Waals surface area contributed by atoms with Crippen LogP contribution in [-0.2, 0) is 0 Å². The van der Waals surface area contributed by atoms with Crippen molar-refractivity contribution < 1.29 is 102 Å². The van der Waals surface area contributed by atoms with Crippen molar-refractivity contribution in [3.63, 3.8) is 0 Å². The second kappa shape index (κ2) is 17.8. The van der Waals surface area contributed by atoms with Crippen LogP contribution in [0, 0.1) is 0 Å². The Kier molecular flexibility index (Phi) is 18.8. The molecule has 0 heterocycles. The zero-order chi connectivity index (χ0) is 22.7. The van der Waals surface area contributed by atoms with Crippen LogP contribution in [0.1, 0.15) is 31.1 Å². The van der Waals surface area contributed by atoms with Gasteiger partial charge in [0.1, 0.15) is 17.2 Å². The molecule has 0 fully saturated rings. The molecule has 0 amide bonds. The number of aromatic hydroxyl groups is 3. The summed E-state index contributed by atoms with van der Waals surface area (Å²) in [6.07, 6.45) is 0. The summed E-state index contributed by atoms with van der Waals surface area (Å²) in [6, 6.07) is 16.9. The molecule has 156 valence electrons. The summed E-state index contributed by atoms with van der Waals surface area (Å²) in [4.78, 5) is 30.5. The van der Waals surface area contributed by atoms with E-state index < -0.39 is 17.9 Å². The first-order valence-electron chi connectivity index (χ1n) is 8.13. The van der Waals surface area contributed by atoms with E-state index in [-0.39, 0.29) is 90.5 Å². The number of hydrogen-bond acceptors (Lipinski definition) is 9. The van der Waals surface area contributed by atoms with Crippen LogP contribution in [0.5, 0.6) is 17.2 Å². The third kappa shape index (κ3) is 12.2. The van der Waals surface area contributed by atoms with E-state index >= 15 is 0 Å². The van der Waals surface area contributed by atoms with Crippen molar-refractivity contribution in [1.29, 1.82) is 0 Å². The summed E-state index contributed by atoms with van der Waals surface area (Å²) in [6.45, 7) is 0. The van der Waals surface area contributed by atoms with Gasteiger partial charge in [0.2, 0.25) is 0 Å². The fourth-order valence-electron chi connectivity index (χ4n) is 1.94. The van der Waals surface area contributed by atoms with Gasteiger partial charge in [-0.25, -0.2) is 0 Å². The largest absolute Gasteiger partial charge is 1.00 e. The van der Waals surface area contributed by atoms with Gasteiger partial charge in [0.15, 0.2) is 0 Å².